The third kappa shape index (κ3) is 5.70. The van der Waals surface area contributed by atoms with Gasteiger partial charge in [0, 0.05) is 0 Å². The zero-order chi connectivity index (χ0) is 14.3. The summed E-state index contributed by atoms with van der Waals surface area (Å²) in [6, 6.07) is 5.39. The summed E-state index contributed by atoms with van der Waals surface area (Å²) in [4.78, 5) is 11.6. The fourth-order valence-corrected chi connectivity index (χ4v) is 1.49. The van der Waals surface area contributed by atoms with E-state index in [1.54, 1.807) is 0 Å². The van der Waals surface area contributed by atoms with Crippen LogP contribution in [0.4, 0.5) is 4.39 Å². The number of halogens is 1. The standard InChI is InChI=1S/C14H20FNO3/c1-10(2)13(9-17)16-14(18)7-8-19-12-5-3-11(15)4-6-12/h3-6,10,13,17H,7-9H2,1-2H3,(H,16,18)/t13-/m1/s1. The summed E-state index contributed by atoms with van der Waals surface area (Å²) in [6.45, 7) is 3.99. The van der Waals surface area contributed by atoms with Crippen molar-refractivity contribution in [3.8, 4) is 5.75 Å². The number of hydrogen-bond acceptors (Lipinski definition) is 3. The van der Waals surface area contributed by atoms with E-state index in [1.807, 2.05) is 13.8 Å². The zero-order valence-electron chi connectivity index (χ0n) is 11.2. The van der Waals surface area contributed by atoms with Gasteiger partial charge in [-0.3, -0.25) is 4.79 Å². The second-order valence-electron chi connectivity index (χ2n) is 4.65. The molecule has 1 aromatic carbocycles. The topological polar surface area (TPSA) is 58.6 Å². The molecule has 1 aromatic rings. The molecule has 0 fully saturated rings. The summed E-state index contributed by atoms with van der Waals surface area (Å²) in [5.74, 6) is 0.200. The number of ether oxygens (including phenoxy) is 1. The fraction of sp³-hybridized carbons (Fsp3) is 0.500. The number of rotatable bonds is 7. The fourth-order valence-electron chi connectivity index (χ4n) is 1.49. The second kappa shape index (κ2) is 7.74. The van der Waals surface area contributed by atoms with Crippen LogP contribution in [0.1, 0.15) is 20.3 Å². The number of carbonyl (C=O) groups is 1. The number of benzene rings is 1. The number of amides is 1. The molecule has 2 N–H and O–H groups in total. The third-order valence-corrected chi connectivity index (χ3v) is 2.76. The van der Waals surface area contributed by atoms with Gasteiger partial charge in [0.1, 0.15) is 11.6 Å². The minimum Gasteiger partial charge on any atom is -0.493 e. The van der Waals surface area contributed by atoms with Gasteiger partial charge in [-0.05, 0) is 30.2 Å². The molecule has 0 saturated carbocycles. The van der Waals surface area contributed by atoms with Crippen molar-refractivity contribution >= 4 is 5.91 Å². The first-order valence-corrected chi connectivity index (χ1v) is 6.31. The highest BCUT2D eigenvalue weighted by molar-refractivity contribution is 5.76. The molecule has 1 atom stereocenters. The Bertz CT molecular complexity index is 392. The van der Waals surface area contributed by atoms with Crippen molar-refractivity contribution in [1.82, 2.24) is 5.32 Å². The molecule has 1 rings (SSSR count). The average molecular weight is 269 g/mol. The first-order chi connectivity index (χ1) is 9.02. The molecule has 0 heterocycles. The number of hydrogen-bond donors (Lipinski definition) is 2. The summed E-state index contributed by atoms with van der Waals surface area (Å²) in [7, 11) is 0. The van der Waals surface area contributed by atoms with Crippen LogP contribution in [-0.2, 0) is 4.79 Å². The van der Waals surface area contributed by atoms with E-state index in [4.69, 9.17) is 9.84 Å². The maximum atomic E-state index is 12.7. The molecule has 0 unspecified atom stereocenters. The first kappa shape index (κ1) is 15.4. The van der Waals surface area contributed by atoms with E-state index in [-0.39, 0.29) is 43.3 Å². The predicted octanol–water partition coefficient (Wildman–Crippen LogP) is 1.73. The first-order valence-electron chi connectivity index (χ1n) is 6.31. The van der Waals surface area contributed by atoms with Gasteiger partial charge >= 0.3 is 0 Å². The SMILES string of the molecule is CC(C)[C@@H](CO)NC(=O)CCOc1ccc(F)cc1. The third-order valence-electron chi connectivity index (χ3n) is 2.76. The molecule has 1 amide bonds. The Kier molecular flexibility index (Phi) is 6.29. The van der Waals surface area contributed by atoms with Crippen molar-refractivity contribution in [1.29, 1.82) is 0 Å². The van der Waals surface area contributed by atoms with E-state index in [2.05, 4.69) is 5.32 Å². The van der Waals surface area contributed by atoms with E-state index in [1.165, 1.54) is 24.3 Å². The molecule has 5 heteroatoms. The lowest BCUT2D eigenvalue weighted by molar-refractivity contribution is -0.122. The lowest BCUT2D eigenvalue weighted by atomic mass is 10.1. The normalized spacial score (nSPS) is 12.3. The molecule has 19 heavy (non-hydrogen) atoms. The Hall–Kier alpha value is -1.62. The number of aliphatic hydroxyl groups excluding tert-OH is 1. The molecule has 0 aliphatic carbocycles. The molecule has 0 saturated heterocycles. The van der Waals surface area contributed by atoms with Crippen LogP contribution in [0.25, 0.3) is 0 Å². The molecule has 0 aromatic heterocycles. The predicted molar refractivity (Wildman–Crippen MR) is 70.4 cm³/mol. The van der Waals surface area contributed by atoms with Gasteiger partial charge in [-0.25, -0.2) is 4.39 Å². The van der Waals surface area contributed by atoms with Crippen molar-refractivity contribution in [3.63, 3.8) is 0 Å². The molecule has 4 nitrogen and oxygen atoms in total. The van der Waals surface area contributed by atoms with Crippen LogP contribution in [0.2, 0.25) is 0 Å². The van der Waals surface area contributed by atoms with Crippen molar-refractivity contribution in [3.05, 3.63) is 30.1 Å². The smallest absolute Gasteiger partial charge is 0.223 e. The van der Waals surface area contributed by atoms with Crippen molar-refractivity contribution in [2.75, 3.05) is 13.2 Å². The van der Waals surface area contributed by atoms with Crippen molar-refractivity contribution < 1.29 is 19.0 Å². The number of aliphatic hydroxyl groups is 1. The summed E-state index contributed by atoms with van der Waals surface area (Å²) in [5.41, 5.74) is 0. The summed E-state index contributed by atoms with van der Waals surface area (Å²) < 4.78 is 18.0. The maximum absolute atomic E-state index is 12.7. The van der Waals surface area contributed by atoms with Gasteiger partial charge in [-0.15, -0.1) is 0 Å². The summed E-state index contributed by atoms with van der Waals surface area (Å²) in [5, 5.41) is 11.8. The second-order valence-corrected chi connectivity index (χ2v) is 4.65. The van der Waals surface area contributed by atoms with Gasteiger partial charge in [-0.2, -0.15) is 0 Å². The van der Waals surface area contributed by atoms with Crippen molar-refractivity contribution in [2.24, 2.45) is 5.92 Å². The molecule has 0 aliphatic heterocycles. The lowest BCUT2D eigenvalue weighted by Crippen LogP contribution is -2.41. The van der Waals surface area contributed by atoms with Crippen LogP contribution >= 0.6 is 0 Å². The van der Waals surface area contributed by atoms with Gasteiger partial charge in [0.2, 0.25) is 5.91 Å². The average Bonchev–Trinajstić information content (AvgIpc) is 2.38. The van der Waals surface area contributed by atoms with Crippen LogP contribution in [0, 0.1) is 11.7 Å². The Morgan fingerprint density at radius 1 is 1.37 bits per heavy atom. The van der Waals surface area contributed by atoms with Crippen molar-refractivity contribution in [2.45, 2.75) is 26.3 Å². The minimum atomic E-state index is -0.326. The number of nitrogens with one attached hydrogen (secondary N) is 1. The van der Waals surface area contributed by atoms with Crippen LogP contribution < -0.4 is 10.1 Å². The molecular weight excluding hydrogens is 249 g/mol. The highest BCUT2D eigenvalue weighted by Crippen LogP contribution is 2.11. The Labute approximate surface area is 112 Å². The molecular formula is C14H20FNO3. The van der Waals surface area contributed by atoms with E-state index < -0.39 is 0 Å². The largest absolute Gasteiger partial charge is 0.493 e. The van der Waals surface area contributed by atoms with Crippen LogP contribution in [0.3, 0.4) is 0 Å². The molecule has 0 spiro atoms. The van der Waals surface area contributed by atoms with E-state index in [9.17, 15) is 9.18 Å². The Morgan fingerprint density at radius 2 is 2.00 bits per heavy atom. The maximum Gasteiger partial charge on any atom is 0.223 e. The quantitative estimate of drug-likeness (QED) is 0.792. The molecule has 0 aliphatic rings. The highest BCUT2D eigenvalue weighted by Gasteiger charge is 2.14. The Morgan fingerprint density at radius 3 is 2.53 bits per heavy atom. The summed E-state index contributed by atoms with van der Waals surface area (Å²) in [6.07, 6.45) is 0.195. The monoisotopic (exact) mass is 269 g/mol. The van der Waals surface area contributed by atoms with Gasteiger partial charge in [0.15, 0.2) is 0 Å². The van der Waals surface area contributed by atoms with E-state index in [0.717, 1.165) is 0 Å². The highest BCUT2D eigenvalue weighted by atomic mass is 19.1. The lowest BCUT2D eigenvalue weighted by Gasteiger charge is -2.19. The van der Waals surface area contributed by atoms with Gasteiger partial charge in [0.05, 0.1) is 25.7 Å². The van der Waals surface area contributed by atoms with Crippen LogP contribution in [0.15, 0.2) is 24.3 Å². The van der Waals surface area contributed by atoms with Crippen LogP contribution in [-0.4, -0.2) is 30.3 Å². The zero-order valence-corrected chi connectivity index (χ0v) is 11.2. The van der Waals surface area contributed by atoms with Gasteiger partial charge < -0.3 is 15.2 Å². The van der Waals surface area contributed by atoms with E-state index >= 15 is 0 Å². The van der Waals surface area contributed by atoms with Gasteiger partial charge in [-0.1, -0.05) is 13.8 Å². The summed E-state index contributed by atoms with van der Waals surface area (Å²) >= 11 is 0. The molecule has 106 valence electrons. The van der Waals surface area contributed by atoms with E-state index in [0.29, 0.717) is 5.75 Å². The van der Waals surface area contributed by atoms with Gasteiger partial charge in [0.25, 0.3) is 0 Å². The molecule has 0 radical (unpaired) electrons. The Balaban J connectivity index is 2.29. The minimum absolute atomic E-state index is 0.0811. The molecule has 0 bridgehead atoms. The van der Waals surface area contributed by atoms with Crippen LogP contribution in [0.5, 0.6) is 5.75 Å². The number of carbonyl (C=O) groups excluding carboxylic acids is 1.